The molecule has 0 atom stereocenters. The van der Waals surface area contributed by atoms with Crippen LogP contribution in [0, 0.1) is 0 Å². The lowest BCUT2D eigenvalue weighted by atomic mass is 9.80. The van der Waals surface area contributed by atoms with Crippen LogP contribution in [0.4, 0.5) is 5.95 Å². The SMILES string of the molecule is CC[C@]1(O)CC[C@@H](Nc2nc(OC)c3c(-c4ccc5nccnc5c4)c[nH]c3n2)CC1. The van der Waals surface area contributed by atoms with Gasteiger partial charge in [-0.25, -0.2) is 0 Å². The van der Waals surface area contributed by atoms with Crippen LogP contribution < -0.4 is 10.1 Å². The molecule has 0 radical (unpaired) electrons. The van der Waals surface area contributed by atoms with Crippen molar-refractivity contribution < 1.29 is 9.84 Å². The van der Waals surface area contributed by atoms with E-state index in [0.717, 1.165) is 59.7 Å². The number of anilines is 1. The zero-order chi connectivity index (χ0) is 21.4. The number of nitrogens with one attached hydrogen (secondary N) is 2. The van der Waals surface area contributed by atoms with Crippen molar-refractivity contribution in [1.82, 2.24) is 24.9 Å². The number of benzene rings is 1. The van der Waals surface area contributed by atoms with Crippen LogP contribution in [0.2, 0.25) is 0 Å². The Balaban J connectivity index is 1.46. The second kappa shape index (κ2) is 7.77. The van der Waals surface area contributed by atoms with Gasteiger partial charge in [0.25, 0.3) is 0 Å². The largest absolute Gasteiger partial charge is 0.480 e. The molecule has 0 bridgehead atoms. The molecule has 0 amide bonds. The van der Waals surface area contributed by atoms with Crippen molar-refractivity contribution in [2.24, 2.45) is 0 Å². The van der Waals surface area contributed by atoms with Crippen LogP contribution in [-0.2, 0) is 0 Å². The van der Waals surface area contributed by atoms with Crippen molar-refractivity contribution in [2.75, 3.05) is 12.4 Å². The van der Waals surface area contributed by atoms with Crippen LogP contribution in [0.1, 0.15) is 39.0 Å². The van der Waals surface area contributed by atoms with Crippen LogP contribution in [-0.4, -0.2) is 48.8 Å². The Bertz CT molecular complexity index is 1230. The van der Waals surface area contributed by atoms with Gasteiger partial charge in [0.05, 0.1) is 29.1 Å². The fourth-order valence-corrected chi connectivity index (χ4v) is 4.41. The van der Waals surface area contributed by atoms with Gasteiger partial charge in [-0.1, -0.05) is 13.0 Å². The Labute approximate surface area is 180 Å². The van der Waals surface area contributed by atoms with Crippen LogP contribution in [0.3, 0.4) is 0 Å². The van der Waals surface area contributed by atoms with Crippen molar-refractivity contribution >= 4 is 28.0 Å². The molecule has 160 valence electrons. The Kier molecular flexibility index (Phi) is 4.94. The zero-order valence-corrected chi connectivity index (χ0v) is 17.7. The number of nitrogens with zero attached hydrogens (tertiary/aromatic N) is 4. The van der Waals surface area contributed by atoms with Gasteiger partial charge >= 0.3 is 0 Å². The minimum Gasteiger partial charge on any atom is -0.480 e. The highest BCUT2D eigenvalue weighted by atomic mass is 16.5. The minimum atomic E-state index is -0.529. The van der Waals surface area contributed by atoms with E-state index in [1.54, 1.807) is 19.5 Å². The van der Waals surface area contributed by atoms with E-state index < -0.39 is 5.60 Å². The molecule has 31 heavy (non-hydrogen) atoms. The number of aromatic nitrogens is 5. The van der Waals surface area contributed by atoms with E-state index in [-0.39, 0.29) is 6.04 Å². The summed E-state index contributed by atoms with van der Waals surface area (Å²) >= 11 is 0. The minimum absolute atomic E-state index is 0.238. The molecular formula is C23H26N6O2. The second-order valence-corrected chi connectivity index (χ2v) is 8.24. The van der Waals surface area contributed by atoms with Crippen molar-refractivity contribution in [3.63, 3.8) is 0 Å². The Morgan fingerprint density at radius 3 is 2.68 bits per heavy atom. The molecule has 1 fully saturated rings. The second-order valence-electron chi connectivity index (χ2n) is 8.24. The van der Waals surface area contributed by atoms with E-state index in [4.69, 9.17) is 9.72 Å². The number of fused-ring (bicyclic) bond motifs is 2. The van der Waals surface area contributed by atoms with Crippen LogP contribution >= 0.6 is 0 Å². The zero-order valence-electron chi connectivity index (χ0n) is 17.7. The van der Waals surface area contributed by atoms with Crippen LogP contribution in [0.15, 0.2) is 36.8 Å². The monoisotopic (exact) mass is 418 g/mol. The number of H-pyrrole nitrogens is 1. The van der Waals surface area contributed by atoms with Gasteiger partial charge in [0.15, 0.2) is 0 Å². The summed E-state index contributed by atoms with van der Waals surface area (Å²) in [6.45, 7) is 2.04. The molecule has 0 unspecified atom stereocenters. The Hall–Kier alpha value is -3.26. The molecule has 4 aromatic rings. The molecule has 3 N–H and O–H groups in total. The number of rotatable bonds is 5. The molecule has 1 aliphatic rings. The molecule has 1 aliphatic carbocycles. The van der Waals surface area contributed by atoms with Crippen molar-refractivity contribution in [3.8, 4) is 17.0 Å². The number of ether oxygens (including phenoxy) is 1. The van der Waals surface area contributed by atoms with Gasteiger partial charge in [0.1, 0.15) is 5.65 Å². The maximum absolute atomic E-state index is 10.5. The first-order chi connectivity index (χ1) is 15.1. The first kappa shape index (κ1) is 19.7. The maximum atomic E-state index is 10.5. The summed E-state index contributed by atoms with van der Waals surface area (Å²) in [5.41, 5.74) is 3.81. The average molecular weight is 419 g/mol. The third kappa shape index (κ3) is 3.67. The first-order valence-corrected chi connectivity index (χ1v) is 10.7. The van der Waals surface area contributed by atoms with Crippen molar-refractivity contribution in [3.05, 3.63) is 36.8 Å². The standard InChI is InChI=1S/C23H26N6O2/c1-3-23(30)8-6-15(7-9-23)27-22-28-20-19(21(29-22)31-2)16(13-26-20)14-4-5-17-18(12-14)25-11-10-24-17/h4-5,10-13,15,30H,3,6-9H2,1-2H3,(H2,26,27,28,29)/t15-,23+. The highest BCUT2D eigenvalue weighted by Gasteiger charge is 2.31. The number of aromatic amines is 1. The summed E-state index contributed by atoms with van der Waals surface area (Å²) in [5, 5.41) is 14.7. The fourth-order valence-electron chi connectivity index (χ4n) is 4.41. The summed E-state index contributed by atoms with van der Waals surface area (Å²) in [7, 11) is 1.62. The van der Waals surface area contributed by atoms with E-state index in [0.29, 0.717) is 17.5 Å². The molecule has 3 aromatic heterocycles. The molecule has 0 saturated heterocycles. The molecule has 0 spiro atoms. The molecule has 1 saturated carbocycles. The molecule has 1 aromatic carbocycles. The summed E-state index contributed by atoms with van der Waals surface area (Å²) < 4.78 is 5.64. The number of hydrogen-bond acceptors (Lipinski definition) is 7. The number of aliphatic hydroxyl groups is 1. The topological polar surface area (TPSA) is 109 Å². The number of methoxy groups -OCH3 is 1. The molecule has 8 heteroatoms. The van der Waals surface area contributed by atoms with E-state index in [9.17, 15) is 5.11 Å². The third-order valence-corrected chi connectivity index (χ3v) is 6.38. The summed E-state index contributed by atoms with van der Waals surface area (Å²) in [5.74, 6) is 1.05. The van der Waals surface area contributed by atoms with Crippen LogP contribution in [0.25, 0.3) is 33.2 Å². The van der Waals surface area contributed by atoms with Gasteiger partial charge in [-0.05, 0) is 49.8 Å². The highest BCUT2D eigenvalue weighted by Crippen LogP contribution is 2.36. The van der Waals surface area contributed by atoms with E-state index in [1.165, 1.54) is 0 Å². The van der Waals surface area contributed by atoms with Gasteiger partial charge in [0.2, 0.25) is 11.8 Å². The lowest BCUT2D eigenvalue weighted by molar-refractivity contribution is -0.00198. The van der Waals surface area contributed by atoms with Crippen molar-refractivity contribution in [1.29, 1.82) is 0 Å². The fraction of sp³-hybridized carbons (Fsp3) is 0.391. The van der Waals surface area contributed by atoms with Gasteiger partial charge < -0.3 is 20.1 Å². The van der Waals surface area contributed by atoms with Gasteiger partial charge in [-0.2, -0.15) is 9.97 Å². The predicted molar refractivity (Wildman–Crippen MR) is 120 cm³/mol. The smallest absolute Gasteiger partial charge is 0.228 e. The predicted octanol–water partition coefficient (Wildman–Crippen LogP) is 4.07. The van der Waals surface area contributed by atoms with Crippen LogP contribution in [0.5, 0.6) is 5.88 Å². The van der Waals surface area contributed by atoms with Gasteiger partial charge in [-0.15, -0.1) is 0 Å². The lowest BCUT2D eigenvalue weighted by Crippen LogP contribution is -2.38. The molecular weight excluding hydrogens is 392 g/mol. The van der Waals surface area contributed by atoms with E-state index in [2.05, 4.69) is 25.3 Å². The average Bonchev–Trinajstić information content (AvgIpc) is 3.24. The molecule has 0 aliphatic heterocycles. The van der Waals surface area contributed by atoms with E-state index >= 15 is 0 Å². The summed E-state index contributed by atoms with van der Waals surface area (Å²) in [6, 6.07) is 6.22. The first-order valence-electron chi connectivity index (χ1n) is 10.7. The molecule has 3 heterocycles. The molecule has 8 nitrogen and oxygen atoms in total. The van der Waals surface area contributed by atoms with Gasteiger partial charge in [-0.3, -0.25) is 9.97 Å². The third-order valence-electron chi connectivity index (χ3n) is 6.38. The van der Waals surface area contributed by atoms with Gasteiger partial charge in [0, 0.05) is 30.2 Å². The van der Waals surface area contributed by atoms with E-state index in [1.807, 2.05) is 31.3 Å². The maximum Gasteiger partial charge on any atom is 0.228 e. The Morgan fingerprint density at radius 2 is 1.94 bits per heavy atom. The normalized spacial score (nSPS) is 21.5. The number of hydrogen-bond donors (Lipinski definition) is 3. The summed E-state index contributed by atoms with van der Waals surface area (Å²) in [4.78, 5) is 21.3. The van der Waals surface area contributed by atoms with Crippen molar-refractivity contribution in [2.45, 2.75) is 50.7 Å². The summed E-state index contributed by atoms with van der Waals surface area (Å²) in [6.07, 6.45) is 9.46. The quantitative estimate of drug-likeness (QED) is 0.448. The highest BCUT2D eigenvalue weighted by molar-refractivity contribution is 5.99. The lowest BCUT2D eigenvalue weighted by Gasteiger charge is -2.35. The molecule has 5 rings (SSSR count). The Morgan fingerprint density at radius 1 is 1.16 bits per heavy atom.